The van der Waals surface area contributed by atoms with Crippen LogP contribution in [0.3, 0.4) is 0 Å². The molecular formula is C18H28N4O3. The summed E-state index contributed by atoms with van der Waals surface area (Å²) in [5.41, 5.74) is 0. The van der Waals surface area contributed by atoms with Crippen LogP contribution < -0.4 is 0 Å². The zero-order valence-corrected chi connectivity index (χ0v) is 15.1. The largest absolute Gasteiger partial charge is 0.446 e. The van der Waals surface area contributed by atoms with E-state index in [2.05, 4.69) is 28.6 Å². The van der Waals surface area contributed by atoms with Gasteiger partial charge in [-0.25, -0.2) is 9.79 Å². The second kappa shape index (κ2) is 8.10. The molecule has 25 heavy (non-hydrogen) atoms. The van der Waals surface area contributed by atoms with Crippen molar-refractivity contribution in [2.24, 2.45) is 4.99 Å². The number of carbonyl (C=O) groups excluding carboxylic acids is 2. The summed E-state index contributed by atoms with van der Waals surface area (Å²) < 4.78 is 5.72. The summed E-state index contributed by atoms with van der Waals surface area (Å²) in [6.45, 7) is 9.37. The SMILES string of the molecule is CC(C)N1CCN(C(=O)OC2CCN(C3C=CC(=O)N=C3)CC2)CC1. The number of carbonyl (C=O) groups is 2. The summed E-state index contributed by atoms with van der Waals surface area (Å²) in [5, 5.41) is 0. The third-order valence-corrected chi connectivity index (χ3v) is 5.26. The minimum absolute atomic E-state index is 0.0157. The second-order valence-electron chi connectivity index (χ2n) is 7.20. The number of piperazine rings is 1. The van der Waals surface area contributed by atoms with E-state index in [-0.39, 0.29) is 24.1 Å². The highest BCUT2D eigenvalue weighted by Gasteiger charge is 2.29. The molecule has 0 aromatic carbocycles. The minimum atomic E-state index is -0.197. The molecule has 3 aliphatic heterocycles. The van der Waals surface area contributed by atoms with Gasteiger partial charge in [0.2, 0.25) is 0 Å². The van der Waals surface area contributed by atoms with Crippen molar-refractivity contribution < 1.29 is 14.3 Å². The van der Waals surface area contributed by atoms with Crippen LogP contribution in [0.15, 0.2) is 17.1 Å². The predicted molar refractivity (Wildman–Crippen MR) is 95.8 cm³/mol. The average Bonchev–Trinajstić information content (AvgIpc) is 2.63. The molecular weight excluding hydrogens is 320 g/mol. The summed E-state index contributed by atoms with van der Waals surface area (Å²) in [5.74, 6) is -0.197. The van der Waals surface area contributed by atoms with Crippen LogP contribution in [0.5, 0.6) is 0 Å². The molecule has 3 aliphatic rings. The molecule has 7 heteroatoms. The molecule has 0 bridgehead atoms. The molecule has 0 radical (unpaired) electrons. The molecule has 0 aromatic heterocycles. The molecule has 0 aromatic rings. The van der Waals surface area contributed by atoms with Crippen molar-refractivity contribution in [1.29, 1.82) is 0 Å². The lowest BCUT2D eigenvalue weighted by atomic mass is 10.0. The first-order valence-corrected chi connectivity index (χ1v) is 9.23. The van der Waals surface area contributed by atoms with Gasteiger partial charge in [-0.05, 0) is 26.7 Å². The van der Waals surface area contributed by atoms with Gasteiger partial charge in [-0.1, -0.05) is 6.08 Å². The van der Waals surface area contributed by atoms with E-state index in [4.69, 9.17) is 4.74 Å². The van der Waals surface area contributed by atoms with Crippen LogP contribution in [0.4, 0.5) is 4.79 Å². The smallest absolute Gasteiger partial charge is 0.410 e. The number of likely N-dealkylation sites (tertiary alicyclic amines) is 1. The van der Waals surface area contributed by atoms with Crippen LogP contribution in [0, 0.1) is 0 Å². The second-order valence-corrected chi connectivity index (χ2v) is 7.20. The Hall–Kier alpha value is -1.73. The maximum atomic E-state index is 12.4. The lowest BCUT2D eigenvalue weighted by Crippen LogP contribution is -2.52. The van der Waals surface area contributed by atoms with Gasteiger partial charge >= 0.3 is 6.09 Å². The number of dihydropyridines is 1. The van der Waals surface area contributed by atoms with Gasteiger partial charge in [-0.3, -0.25) is 14.6 Å². The molecule has 0 aliphatic carbocycles. The van der Waals surface area contributed by atoms with Crippen LogP contribution in [-0.4, -0.2) is 90.4 Å². The Balaban J connectivity index is 1.40. The van der Waals surface area contributed by atoms with Gasteiger partial charge in [0.1, 0.15) is 6.10 Å². The molecule has 2 amide bonds. The Bertz CT molecular complexity index is 529. The van der Waals surface area contributed by atoms with E-state index in [1.807, 2.05) is 11.0 Å². The van der Waals surface area contributed by atoms with Crippen molar-refractivity contribution in [1.82, 2.24) is 14.7 Å². The first-order chi connectivity index (χ1) is 12.0. The standard InChI is InChI=1S/C18H28N4O3/c1-14(2)20-9-11-22(12-10-20)18(24)25-16-5-7-21(8-6-16)15-3-4-17(23)19-13-15/h3-4,13-16H,5-12H2,1-2H3. The van der Waals surface area contributed by atoms with E-state index < -0.39 is 0 Å². The third-order valence-electron chi connectivity index (χ3n) is 5.26. The molecule has 138 valence electrons. The summed E-state index contributed by atoms with van der Waals surface area (Å²) >= 11 is 0. The Morgan fingerprint density at radius 3 is 2.40 bits per heavy atom. The molecule has 2 fully saturated rings. The third kappa shape index (κ3) is 4.67. The summed E-state index contributed by atoms with van der Waals surface area (Å²) in [4.78, 5) is 33.8. The molecule has 0 spiro atoms. The Morgan fingerprint density at radius 2 is 1.84 bits per heavy atom. The monoisotopic (exact) mass is 348 g/mol. The van der Waals surface area contributed by atoms with Crippen LogP contribution in [0.1, 0.15) is 26.7 Å². The summed E-state index contributed by atoms with van der Waals surface area (Å²) in [7, 11) is 0. The first kappa shape index (κ1) is 18.1. The van der Waals surface area contributed by atoms with Crippen LogP contribution >= 0.6 is 0 Å². The highest BCUT2D eigenvalue weighted by molar-refractivity contribution is 5.97. The lowest BCUT2D eigenvalue weighted by molar-refractivity contribution is -0.113. The zero-order chi connectivity index (χ0) is 17.8. The van der Waals surface area contributed by atoms with E-state index in [1.54, 1.807) is 6.21 Å². The minimum Gasteiger partial charge on any atom is -0.446 e. The summed E-state index contributed by atoms with van der Waals surface area (Å²) in [6, 6.07) is 0.605. The number of amides is 2. The van der Waals surface area contributed by atoms with Gasteiger partial charge in [0, 0.05) is 57.6 Å². The van der Waals surface area contributed by atoms with Gasteiger partial charge in [0.25, 0.3) is 5.91 Å². The van der Waals surface area contributed by atoms with Crippen molar-refractivity contribution in [3.63, 3.8) is 0 Å². The lowest BCUT2D eigenvalue weighted by Gasteiger charge is -2.38. The van der Waals surface area contributed by atoms with Gasteiger partial charge in [0.15, 0.2) is 0 Å². The normalized spacial score (nSPS) is 26.4. The number of nitrogens with zero attached hydrogens (tertiary/aromatic N) is 4. The Kier molecular flexibility index (Phi) is 5.86. The molecule has 3 heterocycles. The molecule has 1 unspecified atom stereocenters. The maximum absolute atomic E-state index is 12.4. The predicted octanol–water partition coefficient (Wildman–Crippen LogP) is 1.15. The molecule has 3 rings (SSSR count). The van der Waals surface area contributed by atoms with Crippen molar-refractivity contribution in [2.75, 3.05) is 39.3 Å². The topological polar surface area (TPSA) is 65.5 Å². The van der Waals surface area contributed by atoms with Gasteiger partial charge in [-0.2, -0.15) is 0 Å². The molecule has 1 atom stereocenters. The van der Waals surface area contributed by atoms with Gasteiger partial charge in [0.05, 0.1) is 6.04 Å². The molecule has 7 nitrogen and oxygen atoms in total. The fourth-order valence-corrected chi connectivity index (χ4v) is 3.57. The highest BCUT2D eigenvalue weighted by Crippen LogP contribution is 2.18. The van der Waals surface area contributed by atoms with Gasteiger partial charge in [-0.15, -0.1) is 0 Å². The quantitative estimate of drug-likeness (QED) is 0.765. The molecule has 2 saturated heterocycles. The number of aliphatic imine (C=N–C) groups is 1. The number of rotatable bonds is 3. The van der Waals surface area contributed by atoms with E-state index >= 15 is 0 Å². The van der Waals surface area contributed by atoms with Gasteiger partial charge < -0.3 is 9.64 Å². The molecule has 0 N–H and O–H groups in total. The van der Waals surface area contributed by atoms with Crippen molar-refractivity contribution >= 4 is 18.2 Å². The van der Waals surface area contributed by atoms with E-state index in [1.165, 1.54) is 6.08 Å². The number of hydrogen-bond acceptors (Lipinski definition) is 5. The fraction of sp³-hybridized carbons (Fsp3) is 0.722. The maximum Gasteiger partial charge on any atom is 0.410 e. The Morgan fingerprint density at radius 1 is 1.16 bits per heavy atom. The molecule has 0 saturated carbocycles. The van der Waals surface area contributed by atoms with Crippen LogP contribution in [-0.2, 0) is 9.53 Å². The van der Waals surface area contributed by atoms with E-state index in [0.717, 1.165) is 52.1 Å². The van der Waals surface area contributed by atoms with Crippen molar-refractivity contribution in [2.45, 2.75) is 44.9 Å². The van der Waals surface area contributed by atoms with E-state index in [0.29, 0.717) is 6.04 Å². The average molecular weight is 348 g/mol. The number of piperidine rings is 1. The van der Waals surface area contributed by atoms with E-state index in [9.17, 15) is 9.59 Å². The van der Waals surface area contributed by atoms with Crippen molar-refractivity contribution in [3.05, 3.63) is 12.2 Å². The highest BCUT2D eigenvalue weighted by atomic mass is 16.6. The van der Waals surface area contributed by atoms with Crippen molar-refractivity contribution in [3.8, 4) is 0 Å². The fourth-order valence-electron chi connectivity index (χ4n) is 3.57. The van der Waals surface area contributed by atoms with Crippen LogP contribution in [0.2, 0.25) is 0 Å². The zero-order valence-electron chi connectivity index (χ0n) is 15.1. The number of ether oxygens (including phenoxy) is 1. The Labute approximate surface area is 149 Å². The first-order valence-electron chi connectivity index (χ1n) is 9.23. The summed E-state index contributed by atoms with van der Waals surface area (Å²) in [6.07, 6.45) is 6.56. The van der Waals surface area contributed by atoms with Crippen LogP contribution in [0.25, 0.3) is 0 Å². The number of hydrogen-bond donors (Lipinski definition) is 0.